The van der Waals surface area contributed by atoms with Gasteiger partial charge in [-0.15, -0.1) is 0 Å². The second-order valence-corrected chi connectivity index (χ2v) is 6.27. The van der Waals surface area contributed by atoms with Crippen molar-refractivity contribution in [1.29, 1.82) is 0 Å². The lowest BCUT2D eigenvalue weighted by Gasteiger charge is -2.18. The Kier molecular flexibility index (Phi) is 6.89. The molecular formula is C16H21BrO4. The number of halogens is 1. The zero-order valence-corrected chi connectivity index (χ0v) is 14.3. The molecule has 0 aliphatic heterocycles. The Balaban J connectivity index is 2.90. The van der Waals surface area contributed by atoms with Crippen LogP contribution in [0.5, 0.6) is 0 Å². The van der Waals surface area contributed by atoms with Gasteiger partial charge in [-0.1, -0.05) is 28.1 Å². The molecule has 1 aromatic carbocycles. The third-order valence-electron chi connectivity index (χ3n) is 2.60. The number of benzene rings is 1. The highest BCUT2D eigenvalue weighted by molar-refractivity contribution is 9.10. The Morgan fingerprint density at radius 1 is 1.05 bits per heavy atom. The van der Waals surface area contributed by atoms with Gasteiger partial charge in [0.25, 0.3) is 0 Å². The minimum atomic E-state index is -0.941. The molecule has 0 aliphatic rings. The fourth-order valence-electron chi connectivity index (χ4n) is 1.79. The third-order valence-corrected chi connectivity index (χ3v) is 3.09. The van der Waals surface area contributed by atoms with Crippen molar-refractivity contribution in [3.05, 3.63) is 34.3 Å². The molecule has 5 heteroatoms. The van der Waals surface area contributed by atoms with Crippen LogP contribution >= 0.6 is 15.9 Å². The topological polar surface area (TPSA) is 52.6 Å². The zero-order valence-electron chi connectivity index (χ0n) is 12.8. The normalized spacial score (nSPS) is 11.0. The van der Waals surface area contributed by atoms with Gasteiger partial charge in [-0.2, -0.15) is 0 Å². The van der Waals surface area contributed by atoms with E-state index in [0.29, 0.717) is 0 Å². The van der Waals surface area contributed by atoms with Crippen LogP contribution in [-0.2, 0) is 25.5 Å². The fraction of sp³-hybridized carbons (Fsp3) is 0.500. The maximum atomic E-state index is 12.1. The summed E-state index contributed by atoms with van der Waals surface area (Å²) < 4.78 is 11.2. The van der Waals surface area contributed by atoms with Gasteiger partial charge in [-0.05, 0) is 51.8 Å². The molecule has 1 rings (SSSR count). The monoisotopic (exact) mass is 356 g/mol. The van der Waals surface area contributed by atoms with Gasteiger partial charge in [0.2, 0.25) is 0 Å². The predicted octanol–water partition coefficient (Wildman–Crippen LogP) is 3.51. The summed E-state index contributed by atoms with van der Waals surface area (Å²) in [6.07, 6.45) is -0.278. The van der Waals surface area contributed by atoms with Crippen molar-refractivity contribution in [2.75, 3.05) is 0 Å². The minimum absolute atomic E-state index is 0.260. The van der Waals surface area contributed by atoms with E-state index in [4.69, 9.17) is 9.47 Å². The van der Waals surface area contributed by atoms with Crippen LogP contribution in [0.15, 0.2) is 28.7 Å². The molecule has 0 N–H and O–H groups in total. The van der Waals surface area contributed by atoms with E-state index in [2.05, 4.69) is 15.9 Å². The summed E-state index contributed by atoms with van der Waals surface area (Å²) in [5, 5.41) is 0. The number of rotatable bonds is 6. The van der Waals surface area contributed by atoms with Gasteiger partial charge in [0, 0.05) is 4.47 Å². The molecular weight excluding hydrogens is 336 g/mol. The van der Waals surface area contributed by atoms with Crippen molar-refractivity contribution in [3.8, 4) is 0 Å². The van der Waals surface area contributed by atoms with Gasteiger partial charge in [0.1, 0.15) is 0 Å². The van der Waals surface area contributed by atoms with Crippen molar-refractivity contribution in [3.63, 3.8) is 0 Å². The fourth-order valence-corrected chi connectivity index (χ4v) is 2.24. The maximum Gasteiger partial charge on any atom is 0.320 e. The van der Waals surface area contributed by atoms with Crippen molar-refractivity contribution in [2.45, 2.75) is 46.3 Å². The third kappa shape index (κ3) is 6.29. The van der Waals surface area contributed by atoms with E-state index < -0.39 is 17.9 Å². The molecule has 0 bridgehead atoms. The molecule has 0 amide bonds. The number of hydrogen-bond donors (Lipinski definition) is 0. The molecule has 4 nitrogen and oxygen atoms in total. The van der Waals surface area contributed by atoms with Crippen LogP contribution in [0.25, 0.3) is 0 Å². The highest BCUT2D eigenvalue weighted by Crippen LogP contribution is 2.18. The zero-order chi connectivity index (χ0) is 16.0. The molecule has 0 radical (unpaired) electrons. The summed E-state index contributed by atoms with van der Waals surface area (Å²) in [6.45, 7) is 7.01. The number of ether oxygens (including phenoxy) is 2. The Labute approximate surface area is 133 Å². The summed E-state index contributed by atoms with van der Waals surface area (Å²) in [4.78, 5) is 24.3. The maximum absolute atomic E-state index is 12.1. The van der Waals surface area contributed by atoms with Gasteiger partial charge in [0.15, 0.2) is 5.92 Å². The molecule has 21 heavy (non-hydrogen) atoms. The largest absolute Gasteiger partial charge is 0.462 e. The first-order valence-corrected chi connectivity index (χ1v) is 7.74. The summed E-state index contributed by atoms with van der Waals surface area (Å²) in [6, 6.07) is 7.48. The predicted molar refractivity (Wildman–Crippen MR) is 83.8 cm³/mol. The van der Waals surface area contributed by atoms with Crippen LogP contribution < -0.4 is 0 Å². The molecule has 0 atom stereocenters. The highest BCUT2D eigenvalue weighted by atomic mass is 79.9. The molecule has 0 unspecified atom stereocenters. The number of hydrogen-bond acceptors (Lipinski definition) is 4. The number of esters is 2. The van der Waals surface area contributed by atoms with Crippen LogP contribution in [-0.4, -0.2) is 24.1 Å². The molecule has 0 saturated heterocycles. The van der Waals surface area contributed by atoms with Crippen LogP contribution in [0, 0.1) is 5.92 Å². The van der Waals surface area contributed by atoms with E-state index in [0.717, 1.165) is 10.0 Å². The van der Waals surface area contributed by atoms with Crippen LogP contribution in [0.3, 0.4) is 0 Å². The van der Waals surface area contributed by atoms with Crippen LogP contribution in [0.4, 0.5) is 0 Å². The van der Waals surface area contributed by atoms with E-state index in [1.165, 1.54) is 0 Å². The smallest absolute Gasteiger partial charge is 0.320 e. The molecule has 116 valence electrons. The average molecular weight is 357 g/mol. The number of carbonyl (C=O) groups excluding carboxylic acids is 2. The lowest BCUT2D eigenvalue weighted by Crippen LogP contribution is -2.32. The summed E-state index contributed by atoms with van der Waals surface area (Å²) >= 11 is 3.37. The standard InChI is InChI=1S/C16H21BrO4/c1-10(2)20-15(18)14(16(19)21-11(3)4)9-12-6-5-7-13(17)8-12/h5-8,10-11,14H,9H2,1-4H3. The lowest BCUT2D eigenvalue weighted by molar-refractivity contribution is -0.166. The lowest BCUT2D eigenvalue weighted by atomic mass is 9.99. The highest BCUT2D eigenvalue weighted by Gasteiger charge is 2.31. The first-order valence-electron chi connectivity index (χ1n) is 6.95. The van der Waals surface area contributed by atoms with E-state index in [1.54, 1.807) is 27.7 Å². The first-order chi connectivity index (χ1) is 9.79. The van der Waals surface area contributed by atoms with E-state index in [1.807, 2.05) is 24.3 Å². The van der Waals surface area contributed by atoms with E-state index in [-0.39, 0.29) is 18.6 Å². The summed E-state index contributed by atoms with van der Waals surface area (Å²) in [5.74, 6) is -2.03. The summed E-state index contributed by atoms with van der Waals surface area (Å²) in [7, 11) is 0. The van der Waals surface area contributed by atoms with Crippen molar-refractivity contribution < 1.29 is 19.1 Å². The van der Waals surface area contributed by atoms with Crippen molar-refractivity contribution >= 4 is 27.9 Å². The van der Waals surface area contributed by atoms with Gasteiger partial charge < -0.3 is 9.47 Å². The van der Waals surface area contributed by atoms with Gasteiger partial charge >= 0.3 is 11.9 Å². The van der Waals surface area contributed by atoms with Crippen molar-refractivity contribution in [1.82, 2.24) is 0 Å². The second kappa shape index (κ2) is 8.17. The number of carbonyl (C=O) groups is 2. The molecule has 0 heterocycles. The first kappa shape index (κ1) is 17.7. The summed E-state index contributed by atoms with van der Waals surface area (Å²) in [5.41, 5.74) is 0.871. The quantitative estimate of drug-likeness (QED) is 0.578. The molecule has 0 saturated carbocycles. The Morgan fingerprint density at radius 3 is 2.00 bits per heavy atom. The molecule has 0 spiro atoms. The Morgan fingerprint density at radius 2 is 1.57 bits per heavy atom. The molecule has 0 aromatic heterocycles. The van der Waals surface area contributed by atoms with Gasteiger partial charge in [-0.3, -0.25) is 9.59 Å². The van der Waals surface area contributed by atoms with Crippen LogP contribution in [0.2, 0.25) is 0 Å². The van der Waals surface area contributed by atoms with E-state index >= 15 is 0 Å². The van der Waals surface area contributed by atoms with Gasteiger partial charge in [0.05, 0.1) is 12.2 Å². The minimum Gasteiger partial charge on any atom is -0.462 e. The SMILES string of the molecule is CC(C)OC(=O)C(Cc1cccc(Br)c1)C(=O)OC(C)C. The average Bonchev–Trinajstić information content (AvgIpc) is 2.34. The molecule has 0 fully saturated rings. The van der Waals surface area contributed by atoms with Gasteiger partial charge in [-0.25, -0.2) is 0 Å². The molecule has 0 aliphatic carbocycles. The van der Waals surface area contributed by atoms with Crippen molar-refractivity contribution in [2.24, 2.45) is 5.92 Å². The Hall–Kier alpha value is -1.36. The van der Waals surface area contributed by atoms with Crippen LogP contribution in [0.1, 0.15) is 33.3 Å². The molecule has 1 aromatic rings. The Bertz CT molecular complexity index is 475. The second-order valence-electron chi connectivity index (χ2n) is 5.36. The van der Waals surface area contributed by atoms with E-state index in [9.17, 15) is 9.59 Å².